The molecule has 0 bridgehead atoms. The molecule has 90 valence electrons. The first-order valence-corrected chi connectivity index (χ1v) is 6.78. The Morgan fingerprint density at radius 2 is 2.18 bits per heavy atom. The first kappa shape index (κ1) is 12.7. The predicted octanol–water partition coefficient (Wildman–Crippen LogP) is 4.38. The minimum Gasteiger partial charge on any atom is -0.375 e. The van der Waals surface area contributed by atoms with E-state index in [0.717, 1.165) is 12.0 Å². The Kier molecular flexibility index (Phi) is 3.92. The number of halogens is 2. The smallest absolute Gasteiger partial charge is 0.180 e. The van der Waals surface area contributed by atoms with E-state index < -0.39 is 0 Å². The van der Waals surface area contributed by atoms with Crippen LogP contribution in [0.5, 0.6) is 0 Å². The van der Waals surface area contributed by atoms with E-state index in [2.05, 4.69) is 11.9 Å². The fourth-order valence-electron chi connectivity index (χ4n) is 1.73. The number of aromatic nitrogens is 1. The minimum atomic E-state index is 0.319. The lowest BCUT2D eigenvalue weighted by Crippen LogP contribution is -1.97. The topological polar surface area (TPSA) is 38.9 Å². The summed E-state index contributed by atoms with van der Waals surface area (Å²) in [6, 6.07) is 5.61. The third kappa shape index (κ3) is 3.12. The Labute approximate surface area is 114 Å². The van der Waals surface area contributed by atoms with Crippen LogP contribution in [0.15, 0.2) is 24.4 Å². The van der Waals surface area contributed by atoms with Crippen molar-refractivity contribution in [2.24, 2.45) is 0 Å². The van der Waals surface area contributed by atoms with Gasteiger partial charge in [0.05, 0.1) is 0 Å². The average molecular weight is 287 g/mol. The van der Waals surface area contributed by atoms with Crippen molar-refractivity contribution in [2.45, 2.75) is 19.3 Å². The molecule has 5 heteroatoms. The van der Waals surface area contributed by atoms with Crippen molar-refractivity contribution < 1.29 is 0 Å². The van der Waals surface area contributed by atoms with Crippen LogP contribution in [0.3, 0.4) is 0 Å². The quantitative estimate of drug-likeness (QED) is 0.910. The Morgan fingerprint density at radius 3 is 2.76 bits per heavy atom. The zero-order valence-electron chi connectivity index (χ0n) is 9.28. The summed E-state index contributed by atoms with van der Waals surface area (Å²) < 4.78 is 0. The van der Waals surface area contributed by atoms with Gasteiger partial charge in [-0.05, 0) is 30.0 Å². The zero-order valence-corrected chi connectivity index (χ0v) is 11.6. The van der Waals surface area contributed by atoms with Crippen molar-refractivity contribution in [1.29, 1.82) is 0 Å². The van der Waals surface area contributed by atoms with Crippen LogP contribution >= 0.6 is 34.5 Å². The molecular formula is C12H12Cl2N2S. The molecule has 1 aromatic carbocycles. The summed E-state index contributed by atoms with van der Waals surface area (Å²) in [5, 5.41) is 1.98. The maximum Gasteiger partial charge on any atom is 0.180 e. The first-order chi connectivity index (χ1) is 8.06. The highest BCUT2D eigenvalue weighted by atomic mass is 35.5. The molecule has 2 N–H and O–H groups in total. The van der Waals surface area contributed by atoms with Gasteiger partial charge in [0, 0.05) is 21.1 Å². The standard InChI is InChI=1S/C12H12Cl2N2S/c1-7(4-9-6-16-12(15)17-9)10-3-2-8(13)5-11(10)14/h2-3,5-7H,4H2,1H3,(H2,15,16). The molecule has 1 atom stereocenters. The van der Waals surface area contributed by atoms with Crippen LogP contribution in [-0.4, -0.2) is 4.98 Å². The number of anilines is 1. The van der Waals surface area contributed by atoms with E-state index in [9.17, 15) is 0 Å². The highest BCUT2D eigenvalue weighted by Crippen LogP contribution is 2.30. The molecule has 1 aromatic heterocycles. The van der Waals surface area contributed by atoms with Gasteiger partial charge < -0.3 is 5.73 Å². The molecule has 2 nitrogen and oxygen atoms in total. The van der Waals surface area contributed by atoms with Crippen molar-refractivity contribution in [3.8, 4) is 0 Å². The Bertz CT molecular complexity index is 525. The van der Waals surface area contributed by atoms with Gasteiger partial charge in [-0.25, -0.2) is 4.98 Å². The summed E-state index contributed by atoms with van der Waals surface area (Å²) in [6.45, 7) is 2.13. The fraction of sp³-hybridized carbons (Fsp3) is 0.250. The van der Waals surface area contributed by atoms with Gasteiger partial charge in [0.1, 0.15) is 0 Å². The summed E-state index contributed by atoms with van der Waals surface area (Å²) in [7, 11) is 0. The number of hydrogen-bond acceptors (Lipinski definition) is 3. The van der Waals surface area contributed by atoms with Gasteiger partial charge in [0.25, 0.3) is 0 Å². The van der Waals surface area contributed by atoms with Crippen LogP contribution in [-0.2, 0) is 6.42 Å². The zero-order chi connectivity index (χ0) is 12.4. The molecule has 0 spiro atoms. The summed E-state index contributed by atoms with van der Waals surface area (Å²) in [5.41, 5.74) is 6.71. The second-order valence-electron chi connectivity index (χ2n) is 3.94. The third-order valence-electron chi connectivity index (χ3n) is 2.57. The highest BCUT2D eigenvalue weighted by Gasteiger charge is 2.12. The van der Waals surface area contributed by atoms with Crippen molar-refractivity contribution in [1.82, 2.24) is 4.98 Å². The van der Waals surface area contributed by atoms with E-state index in [4.69, 9.17) is 28.9 Å². The van der Waals surface area contributed by atoms with E-state index in [1.165, 1.54) is 16.2 Å². The van der Waals surface area contributed by atoms with Gasteiger partial charge in [0.15, 0.2) is 5.13 Å². The number of benzene rings is 1. The molecule has 0 saturated carbocycles. The molecule has 1 unspecified atom stereocenters. The van der Waals surface area contributed by atoms with Crippen molar-refractivity contribution in [3.63, 3.8) is 0 Å². The summed E-state index contributed by atoms with van der Waals surface area (Å²) in [4.78, 5) is 5.21. The van der Waals surface area contributed by atoms with E-state index in [-0.39, 0.29) is 0 Å². The molecule has 0 saturated heterocycles. The van der Waals surface area contributed by atoms with Gasteiger partial charge in [-0.1, -0.05) is 36.2 Å². The van der Waals surface area contributed by atoms with Crippen LogP contribution in [0.25, 0.3) is 0 Å². The fourth-order valence-corrected chi connectivity index (χ4v) is 3.14. The summed E-state index contributed by atoms with van der Waals surface area (Å²) in [6.07, 6.45) is 2.70. The summed E-state index contributed by atoms with van der Waals surface area (Å²) in [5.74, 6) is 0.319. The van der Waals surface area contributed by atoms with E-state index in [1.54, 1.807) is 6.07 Å². The van der Waals surface area contributed by atoms with Crippen LogP contribution in [0, 0.1) is 0 Å². The number of hydrogen-bond donors (Lipinski definition) is 1. The maximum atomic E-state index is 6.17. The molecule has 0 aliphatic rings. The average Bonchev–Trinajstić information content (AvgIpc) is 2.63. The SMILES string of the molecule is CC(Cc1cnc(N)s1)c1ccc(Cl)cc1Cl. The minimum absolute atomic E-state index is 0.319. The molecule has 2 rings (SSSR count). The lowest BCUT2D eigenvalue weighted by molar-refractivity contribution is 0.768. The normalized spacial score (nSPS) is 12.6. The molecule has 1 heterocycles. The maximum absolute atomic E-state index is 6.17. The highest BCUT2D eigenvalue weighted by molar-refractivity contribution is 7.15. The third-order valence-corrected chi connectivity index (χ3v) is 3.98. The number of nitrogen functional groups attached to an aromatic ring is 1. The van der Waals surface area contributed by atoms with E-state index in [1.807, 2.05) is 18.3 Å². The number of nitrogens with two attached hydrogens (primary N) is 1. The number of thiazole rings is 1. The van der Waals surface area contributed by atoms with E-state index in [0.29, 0.717) is 21.1 Å². The monoisotopic (exact) mass is 286 g/mol. The van der Waals surface area contributed by atoms with Gasteiger partial charge in [-0.3, -0.25) is 0 Å². The Hall–Kier alpha value is -0.770. The molecule has 17 heavy (non-hydrogen) atoms. The lowest BCUT2D eigenvalue weighted by atomic mass is 9.97. The predicted molar refractivity (Wildman–Crippen MR) is 75.1 cm³/mol. The van der Waals surface area contributed by atoms with E-state index >= 15 is 0 Å². The number of rotatable bonds is 3. The Morgan fingerprint density at radius 1 is 1.41 bits per heavy atom. The van der Waals surface area contributed by atoms with Gasteiger partial charge in [0.2, 0.25) is 0 Å². The van der Waals surface area contributed by atoms with Gasteiger partial charge in [-0.2, -0.15) is 0 Å². The molecule has 0 amide bonds. The lowest BCUT2D eigenvalue weighted by Gasteiger charge is -2.12. The molecule has 0 radical (unpaired) electrons. The van der Waals surface area contributed by atoms with Crippen LogP contribution < -0.4 is 5.73 Å². The largest absolute Gasteiger partial charge is 0.375 e. The van der Waals surface area contributed by atoms with Crippen molar-refractivity contribution >= 4 is 39.7 Å². The van der Waals surface area contributed by atoms with Gasteiger partial charge >= 0.3 is 0 Å². The first-order valence-electron chi connectivity index (χ1n) is 5.21. The molecule has 0 aliphatic heterocycles. The Balaban J connectivity index is 2.17. The van der Waals surface area contributed by atoms with Gasteiger partial charge in [-0.15, -0.1) is 11.3 Å². The summed E-state index contributed by atoms with van der Waals surface area (Å²) >= 11 is 13.6. The molecule has 0 aliphatic carbocycles. The van der Waals surface area contributed by atoms with Crippen molar-refractivity contribution in [3.05, 3.63) is 44.9 Å². The second kappa shape index (κ2) is 5.25. The van der Waals surface area contributed by atoms with Crippen LogP contribution in [0.1, 0.15) is 23.3 Å². The van der Waals surface area contributed by atoms with Crippen LogP contribution in [0.2, 0.25) is 10.0 Å². The molecule has 2 aromatic rings. The molecule has 0 fully saturated rings. The molecular weight excluding hydrogens is 275 g/mol. The number of nitrogens with zero attached hydrogens (tertiary/aromatic N) is 1. The van der Waals surface area contributed by atoms with Crippen LogP contribution in [0.4, 0.5) is 5.13 Å². The van der Waals surface area contributed by atoms with Crippen molar-refractivity contribution in [2.75, 3.05) is 5.73 Å². The second-order valence-corrected chi connectivity index (χ2v) is 5.93.